The standard InChI is InChI=1S/C21H24N2O5/c1-2-26-13-7-12-22-21(25)18(15-8-4-3-5-9-15)23-20(24)16-10-6-11-17-19(16)28-14-27-17/h3-6,8-11,18H,2,7,12-14H2,1H3,(H,22,25)(H,23,24)/t18-/m1/s1. The molecule has 0 spiro atoms. The van der Waals surface area contributed by atoms with Crippen molar-refractivity contribution in [3.63, 3.8) is 0 Å². The van der Waals surface area contributed by atoms with Crippen LogP contribution < -0.4 is 20.1 Å². The van der Waals surface area contributed by atoms with E-state index in [2.05, 4.69) is 10.6 Å². The van der Waals surface area contributed by atoms with Crippen molar-refractivity contribution in [2.75, 3.05) is 26.6 Å². The highest BCUT2D eigenvalue weighted by Gasteiger charge is 2.27. The van der Waals surface area contributed by atoms with E-state index in [-0.39, 0.29) is 12.7 Å². The molecule has 1 heterocycles. The van der Waals surface area contributed by atoms with Gasteiger partial charge in [-0.1, -0.05) is 36.4 Å². The lowest BCUT2D eigenvalue weighted by molar-refractivity contribution is -0.123. The summed E-state index contributed by atoms with van der Waals surface area (Å²) in [6.45, 7) is 3.68. The van der Waals surface area contributed by atoms with Gasteiger partial charge in [0, 0.05) is 19.8 Å². The van der Waals surface area contributed by atoms with Gasteiger partial charge in [0.15, 0.2) is 11.5 Å². The van der Waals surface area contributed by atoms with E-state index in [4.69, 9.17) is 14.2 Å². The maximum atomic E-state index is 12.9. The van der Waals surface area contributed by atoms with Crippen LogP contribution in [0.25, 0.3) is 0 Å². The molecule has 148 valence electrons. The van der Waals surface area contributed by atoms with Gasteiger partial charge >= 0.3 is 0 Å². The average Bonchev–Trinajstić information content (AvgIpc) is 3.21. The second kappa shape index (κ2) is 9.75. The molecular weight excluding hydrogens is 360 g/mol. The van der Waals surface area contributed by atoms with E-state index in [0.29, 0.717) is 48.8 Å². The normalized spacial score (nSPS) is 13.0. The van der Waals surface area contributed by atoms with Gasteiger partial charge in [0.1, 0.15) is 6.04 Å². The highest BCUT2D eigenvalue weighted by atomic mass is 16.7. The summed E-state index contributed by atoms with van der Waals surface area (Å²) in [6.07, 6.45) is 0.701. The van der Waals surface area contributed by atoms with Crippen LogP contribution in [-0.2, 0) is 9.53 Å². The lowest BCUT2D eigenvalue weighted by Gasteiger charge is -2.19. The third-order valence-electron chi connectivity index (χ3n) is 4.28. The van der Waals surface area contributed by atoms with Crippen LogP contribution in [0.3, 0.4) is 0 Å². The molecule has 0 saturated carbocycles. The van der Waals surface area contributed by atoms with Crippen molar-refractivity contribution < 1.29 is 23.8 Å². The maximum absolute atomic E-state index is 12.9. The van der Waals surface area contributed by atoms with Crippen molar-refractivity contribution >= 4 is 11.8 Å². The second-order valence-corrected chi connectivity index (χ2v) is 6.20. The molecule has 0 saturated heterocycles. The minimum atomic E-state index is -0.820. The van der Waals surface area contributed by atoms with Gasteiger partial charge in [0.2, 0.25) is 12.7 Å². The van der Waals surface area contributed by atoms with E-state index in [1.165, 1.54) is 0 Å². The fraction of sp³-hybridized carbons (Fsp3) is 0.333. The number of nitrogens with one attached hydrogen (secondary N) is 2. The third-order valence-corrected chi connectivity index (χ3v) is 4.28. The summed E-state index contributed by atoms with van der Waals surface area (Å²) >= 11 is 0. The van der Waals surface area contributed by atoms with Gasteiger partial charge in [-0.05, 0) is 31.0 Å². The van der Waals surface area contributed by atoms with Gasteiger partial charge in [-0.3, -0.25) is 9.59 Å². The Balaban J connectivity index is 1.72. The Kier molecular flexibility index (Phi) is 6.86. The number of amides is 2. The van der Waals surface area contributed by atoms with Gasteiger partial charge < -0.3 is 24.8 Å². The van der Waals surface area contributed by atoms with Gasteiger partial charge in [-0.15, -0.1) is 0 Å². The summed E-state index contributed by atoms with van der Waals surface area (Å²) in [5.41, 5.74) is 1.03. The topological polar surface area (TPSA) is 85.9 Å². The highest BCUT2D eigenvalue weighted by molar-refractivity contribution is 6.00. The molecule has 28 heavy (non-hydrogen) atoms. The summed E-state index contributed by atoms with van der Waals surface area (Å²) < 4.78 is 16.0. The predicted molar refractivity (Wildman–Crippen MR) is 103 cm³/mol. The van der Waals surface area contributed by atoms with Crippen molar-refractivity contribution in [3.05, 3.63) is 59.7 Å². The maximum Gasteiger partial charge on any atom is 0.256 e. The monoisotopic (exact) mass is 384 g/mol. The Morgan fingerprint density at radius 1 is 1.11 bits per heavy atom. The molecule has 1 aliphatic heterocycles. The van der Waals surface area contributed by atoms with Crippen LogP contribution in [0.2, 0.25) is 0 Å². The zero-order valence-electron chi connectivity index (χ0n) is 15.8. The number of para-hydroxylation sites is 1. The molecular formula is C21H24N2O5. The van der Waals surface area contributed by atoms with Gasteiger partial charge in [-0.2, -0.15) is 0 Å². The minimum absolute atomic E-state index is 0.0715. The molecule has 2 amide bonds. The third kappa shape index (κ3) is 4.80. The number of hydrogen-bond acceptors (Lipinski definition) is 5. The fourth-order valence-electron chi connectivity index (χ4n) is 2.90. The van der Waals surface area contributed by atoms with Crippen LogP contribution in [-0.4, -0.2) is 38.4 Å². The number of ether oxygens (including phenoxy) is 3. The quantitative estimate of drug-likeness (QED) is 0.649. The number of rotatable bonds is 9. The van der Waals surface area contributed by atoms with E-state index >= 15 is 0 Å². The van der Waals surface area contributed by atoms with E-state index < -0.39 is 11.9 Å². The van der Waals surface area contributed by atoms with Crippen molar-refractivity contribution in [1.82, 2.24) is 10.6 Å². The van der Waals surface area contributed by atoms with Gasteiger partial charge in [0.05, 0.1) is 5.56 Å². The zero-order valence-corrected chi connectivity index (χ0v) is 15.8. The average molecular weight is 384 g/mol. The first-order valence-corrected chi connectivity index (χ1v) is 9.30. The number of benzene rings is 2. The molecule has 7 heteroatoms. The summed E-state index contributed by atoms with van der Waals surface area (Å²) in [7, 11) is 0. The molecule has 7 nitrogen and oxygen atoms in total. The smallest absolute Gasteiger partial charge is 0.256 e. The lowest BCUT2D eigenvalue weighted by atomic mass is 10.0. The number of carbonyl (C=O) groups excluding carboxylic acids is 2. The van der Waals surface area contributed by atoms with Crippen molar-refractivity contribution in [2.45, 2.75) is 19.4 Å². The van der Waals surface area contributed by atoms with E-state index in [1.807, 2.05) is 25.1 Å². The summed E-state index contributed by atoms with van der Waals surface area (Å²) in [5.74, 6) is 0.231. The molecule has 0 unspecified atom stereocenters. The van der Waals surface area contributed by atoms with E-state index in [1.54, 1.807) is 30.3 Å². The molecule has 2 aromatic rings. The van der Waals surface area contributed by atoms with Crippen LogP contribution >= 0.6 is 0 Å². The first-order valence-electron chi connectivity index (χ1n) is 9.30. The number of fused-ring (bicyclic) bond motifs is 1. The Morgan fingerprint density at radius 2 is 1.93 bits per heavy atom. The Bertz CT molecular complexity index is 810. The molecule has 2 N–H and O–H groups in total. The van der Waals surface area contributed by atoms with Crippen LogP contribution in [0.4, 0.5) is 0 Å². The van der Waals surface area contributed by atoms with Crippen molar-refractivity contribution in [1.29, 1.82) is 0 Å². The molecule has 0 aromatic heterocycles. The largest absolute Gasteiger partial charge is 0.454 e. The van der Waals surface area contributed by atoms with Crippen LogP contribution in [0.15, 0.2) is 48.5 Å². The van der Waals surface area contributed by atoms with Crippen LogP contribution in [0.5, 0.6) is 11.5 Å². The summed E-state index contributed by atoms with van der Waals surface area (Å²) in [4.78, 5) is 25.6. The molecule has 1 aliphatic rings. The van der Waals surface area contributed by atoms with E-state index in [9.17, 15) is 9.59 Å². The molecule has 2 aromatic carbocycles. The second-order valence-electron chi connectivity index (χ2n) is 6.20. The van der Waals surface area contributed by atoms with Crippen LogP contribution in [0, 0.1) is 0 Å². The molecule has 3 rings (SSSR count). The Morgan fingerprint density at radius 3 is 2.71 bits per heavy atom. The summed E-state index contributed by atoms with van der Waals surface area (Å²) in [5, 5.41) is 5.67. The Hall–Kier alpha value is -3.06. The zero-order chi connectivity index (χ0) is 19.8. The summed E-state index contributed by atoms with van der Waals surface area (Å²) in [6, 6.07) is 13.4. The van der Waals surface area contributed by atoms with Crippen molar-refractivity contribution in [2.24, 2.45) is 0 Å². The molecule has 0 aliphatic carbocycles. The first-order chi connectivity index (χ1) is 13.7. The fourth-order valence-corrected chi connectivity index (χ4v) is 2.90. The minimum Gasteiger partial charge on any atom is -0.454 e. The predicted octanol–water partition coefficient (Wildman–Crippen LogP) is 2.43. The lowest BCUT2D eigenvalue weighted by Crippen LogP contribution is -2.41. The van der Waals surface area contributed by atoms with E-state index in [0.717, 1.165) is 0 Å². The molecule has 1 atom stereocenters. The Labute approximate surface area is 164 Å². The molecule has 0 bridgehead atoms. The first kappa shape index (κ1) is 19.7. The number of hydrogen-bond donors (Lipinski definition) is 2. The van der Waals surface area contributed by atoms with Crippen LogP contribution in [0.1, 0.15) is 35.3 Å². The number of carbonyl (C=O) groups is 2. The molecule has 0 fully saturated rings. The van der Waals surface area contributed by atoms with Gasteiger partial charge in [0.25, 0.3) is 5.91 Å². The SMILES string of the molecule is CCOCCCNC(=O)[C@H](NC(=O)c1cccc2c1OCO2)c1ccccc1. The molecule has 0 radical (unpaired) electrons. The highest BCUT2D eigenvalue weighted by Crippen LogP contribution is 2.35. The van der Waals surface area contributed by atoms with Gasteiger partial charge in [-0.25, -0.2) is 0 Å². The van der Waals surface area contributed by atoms with Crippen molar-refractivity contribution in [3.8, 4) is 11.5 Å².